The van der Waals surface area contributed by atoms with Gasteiger partial charge in [-0.25, -0.2) is 9.67 Å². The molecule has 9 nitrogen and oxygen atoms in total. The van der Waals surface area contributed by atoms with Crippen LogP contribution in [0.1, 0.15) is 40.1 Å². The molecule has 0 radical (unpaired) electrons. The van der Waals surface area contributed by atoms with Gasteiger partial charge in [-0.3, -0.25) is 4.79 Å². The summed E-state index contributed by atoms with van der Waals surface area (Å²) >= 11 is 0. The summed E-state index contributed by atoms with van der Waals surface area (Å²) in [7, 11) is 3.18. The van der Waals surface area contributed by atoms with Crippen molar-refractivity contribution in [3.8, 4) is 23.0 Å². The van der Waals surface area contributed by atoms with E-state index < -0.39 is 0 Å². The molecule has 176 valence electrons. The maximum absolute atomic E-state index is 12.9. The van der Waals surface area contributed by atoms with E-state index in [2.05, 4.69) is 20.6 Å². The average Bonchev–Trinajstić information content (AvgIpc) is 3.41. The highest BCUT2D eigenvalue weighted by Crippen LogP contribution is 2.33. The van der Waals surface area contributed by atoms with E-state index in [1.54, 1.807) is 25.0 Å². The van der Waals surface area contributed by atoms with E-state index in [1.807, 2.05) is 57.2 Å². The number of nitrogens with one attached hydrogen (secondary N) is 1. The lowest BCUT2D eigenvalue weighted by Crippen LogP contribution is -2.15. The summed E-state index contributed by atoms with van der Waals surface area (Å²) in [5.41, 5.74) is 4.13. The van der Waals surface area contributed by atoms with E-state index >= 15 is 0 Å². The number of amides is 1. The van der Waals surface area contributed by atoms with Crippen molar-refractivity contribution in [1.29, 1.82) is 0 Å². The third-order valence-corrected chi connectivity index (χ3v) is 5.68. The highest BCUT2D eigenvalue weighted by Gasteiger charge is 2.21. The van der Waals surface area contributed by atoms with Gasteiger partial charge in [-0.1, -0.05) is 30.3 Å². The summed E-state index contributed by atoms with van der Waals surface area (Å²) in [6.07, 6.45) is 0.814. The van der Waals surface area contributed by atoms with Crippen LogP contribution < -0.4 is 14.8 Å². The van der Waals surface area contributed by atoms with E-state index in [0.29, 0.717) is 46.6 Å². The minimum atomic E-state index is -0.301. The number of ether oxygens (including phenoxy) is 2. The maximum atomic E-state index is 12.9. The molecule has 34 heavy (non-hydrogen) atoms. The van der Waals surface area contributed by atoms with Crippen LogP contribution in [0.15, 0.2) is 46.9 Å². The standard InChI is InChI=1S/C25H27N5O4/c1-6-17-9-7-8-10-20(17)26-24(31)23-15(2)30(29-28-23)14-21-16(3)34-25(27-21)19-12-11-18(32-4)13-22(19)33-5/h7-13H,6,14H2,1-5H3,(H,26,31). The van der Waals surface area contributed by atoms with Crippen LogP contribution in [0.4, 0.5) is 5.69 Å². The number of nitrogens with zero attached hydrogens (tertiary/aromatic N) is 4. The predicted molar refractivity (Wildman–Crippen MR) is 127 cm³/mol. The van der Waals surface area contributed by atoms with Crippen LogP contribution in [0.25, 0.3) is 11.5 Å². The molecular formula is C25H27N5O4. The van der Waals surface area contributed by atoms with E-state index in [0.717, 1.165) is 17.7 Å². The summed E-state index contributed by atoms with van der Waals surface area (Å²) in [6, 6.07) is 13.1. The second kappa shape index (κ2) is 9.78. The largest absolute Gasteiger partial charge is 0.497 e. The smallest absolute Gasteiger partial charge is 0.278 e. The Kier molecular flexibility index (Phi) is 6.62. The molecule has 0 saturated carbocycles. The predicted octanol–water partition coefficient (Wildman–Crippen LogP) is 4.43. The third kappa shape index (κ3) is 4.50. The topological polar surface area (TPSA) is 104 Å². The number of anilines is 1. The van der Waals surface area contributed by atoms with Gasteiger partial charge < -0.3 is 19.2 Å². The van der Waals surface area contributed by atoms with Crippen molar-refractivity contribution < 1.29 is 18.7 Å². The quantitative estimate of drug-likeness (QED) is 0.414. The molecule has 0 fully saturated rings. The van der Waals surface area contributed by atoms with E-state index in [1.165, 1.54) is 0 Å². The molecule has 0 unspecified atom stereocenters. The molecule has 0 bridgehead atoms. The summed E-state index contributed by atoms with van der Waals surface area (Å²) < 4.78 is 18.3. The van der Waals surface area contributed by atoms with Crippen LogP contribution in [-0.2, 0) is 13.0 Å². The van der Waals surface area contributed by atoms with Gasteiger partial charge in [0.25, 0.3) is 5.91 Å². The van der Waals surface area contributed by atoms with Crippen molar-refractivity contribution in [2.75, 3.05) is 19.5 Å². The molecule has 0 aliphatic rings. The highest BCUT2D eigenvalue weighted by molar-refractivity contribution is 6.03. The molecule has 0 atom stereocenters. The summed E-state index contributed by atoms with van der Waals surface area (Å²) in [4.78, 5) is 17.5. The number of hydrogen-bond donors (Lipinski definition) is 1. The number of para-hydroxylation sites is 1. The first-order chi connectivity index (χ1) is 16.4. The molecule has 1 N–H and O–H groups in total. The van der Waals surface area contributed by atoms with Gasteiger partial charge in [-0.15, -0.1) is 5.10 Å². The SMILES string of the molecule is CCc1ccccc1NC(=O)c1nnn(Cc2nc(-c3ccc(OC)cc3OC)oc2C)c1C. The first-order valence-electron chi connectivity index (χ1n) is 10.9. The number of rotatable bonds is 8. The van der Waals surface area contributed by atoms with Crippen LogP contribution in [0.2, 0.25) is 0 Å². The monoisotopic (exact) mass is 461 g/mol. The van der Waals surface area contributed by atoms with Gasteiger partial charge in [0, 0.05) is 11.8 Å². The number of benzene rings is 2. The number of aryl methyl sites for hydroxylation is 2. The lowest BCUT2D eigenvalue weighted by atomic mass is 10.1. The lowest BCUT2D eigenvalue weighted by Gasteiger charge is -2.08. The van der Waals surface area contributed by atoms with Gasteiger partial charge >= 0.3 is 0 Å². The van der Waals surface area contributed by atoms with E-state index in [9.17, 15) is 4.79 Å². The normalized spacial score (nSPS) is 10.9. The van der Waals surface area contributed by atoms with Crippen molar-refractivity contribution in [3.05, 3.63) is 70.9 Å². The van der Waals surface area contributed by atoms with Gasteiger partial charge in [-0.05, 0) is 44.0 Å². The molecule has 1 amide bonds. The molecule has 0 aliphatic heterocycles. The second-order valence-corrected chi connectivity index (χ2v) is 7.73. The number of aromatic nitrogens is 4. The molecule has 9 heteroatoms. The van der Waals surface area contributed by atoms with E-state index in [-0.39, 0.29) is 11.6 Å². The average molecular weight is 462 g/mol. The fraction of sp³-hybridized carbons (Fsp3) is 0.280. The number of carbonyl (C=O) groups excluding carboxylic acids is 1. The third-order valence-electron chi connectivity index (χ3n) is 5.68. The van der Waals surface area contributed by atoms with Crippen LogP contribution in [-0.4, -0.2) is 40.1 Å². The van der Waals surface area contributed by atoms with Gasteiger partial charge in [-0.2, -0.15) is 0 Å². The van der Waals surface area contributed by atoms with Gasteiger partial charge in [0.15, 0.2) is 5.69 Å². The summed E-state index contributed by atoms with van der Waals surface area (Å²) in [5.74, 6) is 2.04. The first kappa shape index (κ1) is 23.0. The highest BCUT2D eigenvalue weighted by atomic mass is 16.5. The van der Waals surface area contributed by atoms with Crippen LogP contribution >= 0.6 is 0 Å². The Morgan fingerprint density at radius 2 is 1.91 bits per heavy atom. The Morgan fingerprint density at radius 1 is 1.12 bits per heavy atom. The van der Waals surface area contributed by atoms with Crippen molar-refractivity contribution in [1.82, 2.24) is 20.0 Å². The Hall–Kier alpha value is -4.14. The van der Waals surface area contributed by atoms with Crippen molar-refractivity contribution >= 4 is 11.6 Å². The van der Waals surface area contributed by atoms with Crippen molar-refractivity contribution in [2.24, 2.45) is 0 Å². The van der Waals surface area contributed by atoms with Crippen LogP contribution in [0, 0.1) is 13.8 Å². The summed E-state index contributed by atoms with van der Waals surface area (Å²) in [5, 5.41) is 11.2. The van der Waals surface area contributed by atoms with Crippen molar-refractivity contribution in [2.45, 2.75) is 33.7 Å². The van der Waals surface area contributed by atoms with Crippen molar-refractivity contribution in [3.63, 3.8) is 0 Å². The fourth-order valence-electron chi connectivity index (χ4n) is 3.66. The minimum absolute atomic E-state index is 0.268. The number of carbonyl (C=O) groups is 1. The lowest BCUT2D eigenvalue weighted by molar-refractivity contribution is 0.102. The molecule has 0 aliphatic carbocycles. The Balaban J connectivity index is 1.56. The fourth-order valence-corrected chi connectivity index (χ4v) is 3.66. The Bertz CT molecular complexity index is 1320. The minimum Gasteiger partial charge on any atom is -0.497 e. The number of oxazole rings is 1. The molecular weight excluding hydrogens is 434 g/mol. The van der Waals surface area contributed by atoms with Gasteiger partial charge in [0.05, 0.1) is 32.0 Å². The molecule has 2 heterocycles. The van der Waals surface area contributed by atoms with Gasteiger partial charge in [0.2, 0.25) is 5.89 Å². The Labute approximate surface area is 197 Å². The summed E-state index contributed by atoms with van der Waals surface area (Å²) in [6.45, 7) is 6.00. The zero-order chi connectivity index (χ0) is 24.2. The molecule has 2 aromatic carbocycles. The Morgan fingerprint density at radius 3 is 2.65 bits per heavy atom. The van der Waals surface area contributed by atoms with Crippen LogP contribution in [0.3, 0.4) is 0 Å². The second-order valence-electron chi connectivity index (χ2n) is 7.73. The molecule has 0 spiro atoms. The molecule has 4 aromatic rings. The van der Waals surface area contributed by atoms with Gasteiger partial charge in [0.1, 0.15) is 23.0 Å². The van der Waals surface area contributed by atoms with E-state index in [4.69, 9.17) is 13.9 Å². The molecule has 2 aromatic heterocycles. The molecule has 4 rings (SSSR count). The van der Waals surface area contributed by atoms with Crippen LogP contribution in [0.5, 0.6) is 11.5 Å². The zero-order valence-corrected chi connectivity index (χ0v) is 19.9. The maximum Gasteiger partial charge on any atom is 0.278 e. The zero-order valence-electron chi connectivity index (χ0n) is 19.9. The first-order valence-corrected chi connectivity index (χ1v) is 10.9. The number of methoxy groups -OCH3 is 2. The number of hydrogen-bond acceptors (Lipinski definition) is 7. The molecule has 0 saturated heterocycles.